The summed E-state index contributed by atoms with van der Waals surface area (Å²) in [4.78, 5) is 22.9. The highest BCUT2D eigenvalue weighted by Gasteiger charge is 2.16. The number of hydrogen-bond donors (Lipinski definition) is 0. The highest BCUT2D eigenvalue weighted by molar-refractivity contribution is 5.93. The number of rotatable bonds is 4. The van der Waals surface area contributed by atoms with E-state index < -0.39 is 5.97 Å². The fourth-order valence-electron chi connectivity index (χ4n) is 1.84. The average molecular weight is 258 g/mol. The predicted molar refractivity (Wildman–Crippen MR) is 69.6 cm³/mol. The van der Waals surface area contributed by atoms with Gasteiger partial charge in [0.1, 0.15) is 5.69 Å². The zero-order chi connectivity index (χ0) is 13.8. The normalized spacial score (nSPS) is 10.2. The molecule has 1 heterocycles. The van der Waals surface area contributed by atoms with Crippen LogP contribution >= 0.6 is 0 Å². The molecule has 0 saturated heterocycles. The summed E-state index contributed by atoms with van der Waals surface area (Å²) >= 11 is 0. The van der Waals surface area contributed by atoms with Crippen molar-refractivity contribution in [1.29, 1.82) is 0 Å². The first kappa shape index (κ1) is 13.0. The van der Waals surface area contributed by atoms with Crippen molar-refractivity contribution in [3.63, 3.8) is 0 Å². The number of carbonyl (C=O) groups is 2. The number of hydrogen-bond acceptors (Lipinski definition) is 4. The quantitative estimate of drug-likeness (QED) is 0.623. The number of aldehydes is 1. The van der Waals surface area contributed by atoms with Gasteiger partial charge in [0, 0.05) is 0 Å². The van der Waals surface area contributed by atoms with E-state index in [2.05, 4.69) is 5.10 Å². The molecule has 0 saturated carbocycles. The number of nitrogens with zero attached hydrogens (tertiary/aromatic N) is 2. The second kappa shape index (κ2) is 5.48. The van der Waals surface area contributed by atoms with Crippen LogP contribution in [0.2, 0.25) is 0 Å². The van der Waals surface area contributed by atoms with Crippen molar-refractivity contribution in [1.82, 2.24) is 9.78 Å². The Bertz CT molecular complexity index is 617. The molecule has 0 aliphatic heterocycles. The summed E-state index contributed by atoms with van der Waals surface area (Å²) in [6.07, 6.45) is 0.710. The Balaban J connectivity index is 2.55. The Kier molecular flexibility index (Phi) is 3.75. The van der Waals surface area contributed by atoms with Crippen LogP contribution in [0.3, 0.4) is 0 Å². The second-order valence-electron chi connectivity index (χ2n) is 3.98. The minimum Gasteiger partial charge on any atom is -0.462 e. The van der Waals surface area contributed by atoms with Gasteiger partial charge in [-0.2, -0.15) is 5.10 Å². The Morgan fingerprint density at radius 1 is 1.42 bits per heavy atom. The van der Waals surface area contributed by atoms with E-state index in [1.54, 1.807) is 44.2 Å². The third kappa shape index (κ3) is 2.54. The van der Waals surface area contributed by atoms with E-state index in [9.17, 15) is 9.59 Å². The fraction of sp³-hybridized carbons (Fsp3) is 0.214. The Labute approximate surface area is 110 Å². The van der Waals surface area contributed by atoms with Gasteiger partial charge in [0.25, 0.3) is 0 Å². The van der Waals surface area contributed by atoms with Gasteiger partial charge in [-0.05, 0) is 32.0 Å². The molecule has 0 bridgehead atoms. The van der Waals surface area contributed by atoms with Crippen LogP contribution in [-0.4, -0.2) is 28.6 Å². The van der Waals surface area contributed by atoms with Crippen LogP contribution in [0, 0.1) is 6.92 Å². The number of carbonyl (C=O) groups excluding carboxylic acids is 2. The SMILES string of the molecule is CCOC(=O)c1ccccc1-n1nc(C)cc1C=O. The lowest BCUT2D eigenvalue weighted by atomic mass is 10.2. The maximum Gasteiger partial charge on any atom is 0.340 e. The van der Waals surface area contributed by atoms with Crippen LogP contribution in [-0.2, 0) is 4.74 Å². The van der Waals surface area contributed by atoms with Crippen LogP contribution in [0.15, 0.2) is 30.3 Å². The highest BCUT2D eigenvalue weighted by Crippen LogP contribution is 2.17. The third-order valence-corrected chi connectivity index (χ3v) is 2.61. The minimum absolute atomic E-state index is 0.297. The highest BCUT2D eigenvalue weighted by atomic mass is 16.5. The van der Waals surface area contributed by atoms with Gasteiger partial charge in [-0.3, -0.25) is 4.79 Å². The predicted octanol–water partition coefficient (Wildman–Crippen LogP) is 2.17. The molecule has 19 heavy (non-hydrogen) atoms. The molecule has 1 aromatic heterocycles. The largest absolute Gasteiger partial charge is 0.462 e. The summed E-state index contributed by atoms with van der Waals surface area (Å²) in [5.41, 5.74) is 2.03. The Morgan fingerprint density at radius 2 is 2.16 bits per heavy atom. The van der Waals surface area contributed by atoms with Gasteiger partial charge in [-0.1, -0.05) is 12.1 Å². The summed E-state index contributed by atoms with van der Waals surface area (Å²) < 4.78 is 6.45. The molecule has 0 radical (unpaired) electrons. The third-order valence-electron chi connectivity index (χ3n) is 2.61. The van der Waals surface area contributed by atoms with Gasteiger partial charge in [0.05, 0.1) is 23.6 Å². The molecule has 0 atom stereocenters. The first-order valence-corrected chi connectivity index (χ1v) is 5.95. The monoisotopic (exact) mass is 258 g/mol. The van der Waals surface area contributed by atoms with Crippen molar-refractivity contribution in [3.05, 3.63) is 47.3 Å². The Morgan fingerprint density at radius 3 is 2.84 bits per heavy atom. The van der Waals surface area contributed by atoms with Crippen LogP contribution < -0.4 is 0 Å². The molecule has 0 amide bonds. The average Bonchev–Trinajstić information content (AvgIpc) is 2.80. The lowest BCUT2D eigenvalue weighted by Crippen LogP contribution is -2.11. The van der Waals surface area contributed by atoms with E-state index in [4.69, 9.17) is 4.74 Å². The van der Waals surface area contributed by atoms with E-state index in [-0.39, 0.29) is 0 Å². The molecular weight excluding hydrogens is 244 g/mol. The molecule has 0 aliphatic rings. The number of para-hydroxylation sites is 1. The van der Waals surface area contributed by atoms with E-state index >= 15 is 0 Å². The molecule has 5 nitrogen and oxygen atoms in total. The number of ether oxygens (including phenoxy) is 1. The van der Waals surface area contributed by atoms with E-state index in [1.165, 1.54) is 4.68 Å². The molecular formula is C14H14N2O3. The van der Waals surface area contributed by atoms with Crippen LogP contribution in [0.25, 0.3) is 5.69 Å². The van der Waals surface area contributed by atoms with Gasteiger partial charge in [0.15, 0.2) is 6.29 Å². The van der Waals surface area contributed by atoms with Crippen molar-refractivity contribution in [2.75, 3.05) is 6.61 Å². The number of esters is 1. The van der Waals surface area contributed by atoms with Gasteiger partial charge in [-0.15, -0.1) is 0 Å². The smallest absolute Gasteiger partial charge is 0.340 e. The van der Waals surface area contributed by atoms with Gasteiger partial charge >= 0.3 is 5.97 Å². The van der Waals surface area contributed by atoms with E-state index in [0.29, 0.717) is 35.5 Å². The first-order valence-electron chi connectivity index (χ1n) is 5.95. The zero-order valence-corrected chi connectivity index (χ0v) is 10.8. The van der Waals surface area contributed by atoms with Crippen LogP contribution in [0.1, 0.15) is 33.5 Å². The molecule has 0 spiro atoms. The summed E-state index contributed by atoms with van der Waals surface area (Å²) in [5.74, 6) is -0.428. The van der Waals surface area contributed by atoms with Crippen molar-refractivity contribution in [2.24, 2.45) is 0 Å². The molecule has 0 N–H and O–H groups in total. The molecule has 98 valence electrons. The molecule has 0 fully saturated rings. The lowest BCUT2D eigenvalue weighted by Gasteiger charge is -2.09. The summed E-state index contributed by atoms with van der Waals surface area (Å²) in [6.45, 7) is 3.83. The van der Waals surface area contributed by atoms with Crippen molar-refractivity contribution < 1.29 is 14.3 Å². The van der Waals surface area contributed by atoms with Crippen molar-refractivity contribution in [3.8, 4) is 5.69 Å². The van der Waals surface area contributed by atoms with Crippen molar-refractivity contribution >= 4 is 12.3 Å². The van der Waals surface area contributed by atoms with Crippen LogP contribution in [0.5, 0.6) is 0 Å². The zero-order valence-electron chi connectivity index (χ0n) is 10.8. The standard InChI is InChI=1S/C14H14N2O3/c1-3-19-14(18)12-6-4-5-7-13(12)16-11(9-17)8-10(2)15-16/h4-9H,3H2,1-2H3. The minimum atomic E-state index is -0.428. The van der Waals surface area contributed by atoms with Gasteiger partial charge in [0.2, 0.25) is 0 Å². The number of benzene rings is 1. The van der Waals surface area contributed by atoms with E-state index in [1.807, 2.05) is 0 Å². The first-order chi connectivity index (χ1) is 9.17. The fourth-order valence-corrected chi connectivity index (χ4v) is 1.84. The molecule has 2 aromatic rings. The molecule has 0 unspecified atom stereocenters. The van der Waals surface area contributed by atoms with E-state index in [0.717, 1.165) is 0 Å². The van der Waals surface area contributed by atoms with Crippen LogP contribution in [0.4, 0.5) is 0 Å². The van der Waals surface area contributed by atoms with Gasteiger partial charge < -0.3 is 4.74 Å². The topological polar surface area (TPSA) is 61.2 Å². The second-order valence-corrected chi connectivity index (χ2v) is 3.98. The number of aryl methyl sites for hydroxylation is 1. The maximum absolute atomic E-state index is 11.9. The molecule has 1 aromatic carbocycles. The summed E-state index contributed by atoms with van der Waals surface area (Å²) in [6, 6.07) is 8.57. The maximum atomic E-state index is 11.9. The number of aromatic nitrogens is 2. The lowest BCUT2D eigenvalue weighted by molar-refractivity contribution is 0.0526. The molecule has 2 rings (SSSR count). The van der Waals surface area contributed by atoms with Crippen molar-refractivity contribution in [2.45, 2.75) is 13.8 Å². The summed E-state index contributed by atoms with van der Waals surface area (Å²) in [5, 5.41) is 4.23. The molecule has 5 heteroatoms. The summed E-state index contributed by atoms with van der Waals surface area (Å²) in [7, 11) is 0. The Hall–Kier alpha value is -2.43. The molecule has 0 aliphatic carbocycles. The van der Waals surface area contributed by atoms with Gasteiger partial charge in [-0.25, -0.2) is 9.48 Å².